The topological polar surface area (TPSA) is 65.5 Å². The molecule has 1 aliphatic carbocycles. The van der Waals surface area contributed by atoms with Crippen LogP contribution in [0.2, 0.25) is 0 Å². The second-order valence-electron chi connectivity index (χ2n) is 5.79. The Hall–Kier alpha value is -1.18. The van der Waals surface area contributed by atoms with Gasteiger partial charge >= 0.3 is 0 Å². The van der Waals surface area contributed by atoms with E-state index in [-0.39, 0.29) is 4.90 Å². The molecule has 1 saturated carbocycles. The SMILES string of the molecule is CC(CNc1ccc(S(=O)(=O)N(C)C)cn1)N(C)C1CC1. The van der Waals surface area contributed by atoms with Crippen molar-refractivity contribution in [2.75, 3.05) is 33.0 Å². The Morgan fingerprint density at radius 3 is 2.48 bits per heavy atom. The first-order chi connectivity index (χ1) is 9.82. The van der Waals surface area contributed by atoms with Crippen LogP contribution in [-0.2, 0) is 10.0 Å². The van der Waals surface area contributed by atoms with Crippen molar-refractivity contribution in [1.29, 1.82) is 0 Å². The highest BCUT2D eigenvalue weighted by atomic mass is 32.2. The highest BCUT2D eigenvalue weighted by Crippen LogP contribution is 2.26. The van der Waals surface area contributed by atoms with Gasteiger partial charge in [-0.1, -0.05) is 0 Å². The van der Waals surface area contributed by atoms with Crippen LogP contribution in [0.3, 0.4) is 0 Å². The summed E-state index contributed by atoms with van der Waals surface area (Å²) >= 11 is 0. The Morgan fingerprint density at radius 1 is 1.33 bits per heavy atom. The fraction of sp³-hybridized carbons (Fsp3) is 0.643. The van der Waals surface area contributed by atoms with Crippen LogP contribution in [0.4, 0.5) is 5.82 Å². The monoisotopic (exact) mass is 312 g/mol. The lowest BCUT2D eigenvalue weighted by atomic mass is 10.3. The van der Waals surface area contributed by atoms with Gasteiger partial charge in [-0.15, -0.1) is 0 Å². The summed E-state index contributed by atoms with van der Waals surface area (Å²) in [5.74, 6) is 0.698. The van der Waals surface area contributed by atoms with Gasteiger partial charge in [0.1, 0.15) is 10.7 Å². The predicted octanol–water partition coefficient (Wildman–Crippen LogP) is 1.23. The highest BCUT2D eigenvalue weighted by Gasteiger charge is 2.28. The Kier molecular flexibility index (Phi) is 4.85. The third-order valence-corrected chi connectivity index (χ3v) is 5.71. The third-order valence-electron chi connectivity index (χ3n) is 3.91. The van der Waals surface area contributed by atoms with E-state index < -0.39 is 10.0 Å². The molecule has 0 aromatic carbocycles. The van der Waals surface area contributed by atoms with E-state index in [0.29, 0.717) is 11.9 Å². The van der Waals surface area contributed by atoms with Crippen molar-refractivity contribution in [3.05, 3.63) is 18.3 Å². The zero-order valence-corrected chi connectivity index (χ0v) is 13.9. The molecular weight excluding hydrogens is 288 g/mol. The first kappa shape index (κ1) is 16.2. The smallest absolute Gasteiger partial charge is 0.244 e. The summed E-state index contributed by atoms with van der Waals surface area (Å²) < 4.78 is 25.1. The second kappa shape index (κ2) is 6.29. The molecule has 0 aliphatic heterocycles. The minimum atomic E-state index is -3.41. The maximum atomic E-state index is 11.9. The summed E-state index contributed by atoms with van der Waals surface area (Å²) in [5, 5.41) is 3.25. The number of nitrogens with zero attached hydrogens (tertiary/aromatic N) is 3. The van der Waals surface area contributed by atoms with Crippen LogP contribution in [0.25, 0.3) is 0 Å². The van der Waals surface area contributed by atoms with Gasteiger partial charge in [-0.05, 0) is 38.9 Å². The van der Waals surface area contributed by atoms with E-state index in [1.165, 1.54) is 37.4 Å². The molecule has 1 atom stereocenters. The van der Waals surface area contributed by atoms with Crippen molar-refractivity contribution in [3.8, 4) is 0 Å². The number of hydrogen-bond donors (Lipinski definition) is 1. The molecular formula is C14H24N4O2S. The highest BCUT2D eigenvalue weighted by molar-refractivity contribution is 7.89. The quantitative estimate of drug-likeness (QED) is 0.820. The number of likely N-dealkylation sites (N-methyl/N-ethyl adjacent to an activating group) is 1. The summed E-state index contributed by atoms with van der Waals surface area (Å²) in [6.07, 6.45) is 3.97. The Morgan fingerprint density at radius 2 is 2.00 bits per heavy atom. The lowest BCUT2D eigenvalue weighted by Crippen LogP contribution is -2.36. The van der Waals surface area contributed by atoms with Crippen molar-refractivity contribution in [3.63, 3.8) is 0 Å². The molecule has 1 aromatic heterocycles. The fourth-order valence-electron chi connectivity index (χ4n) is 2.09. The number of hydrogen-bond acceptors (Lipinski definition) is 5. The average Bonchev–Trinajstić information content (AvgIpc) is 3.28. The summed E-state index contributed by atoms with van der Waals surface area (Å²) in [4.78, 5) is 6.77. The van der Waals surface area contributed by atoms with Crippen LogP contribution < -0.4 is 5.32 Å². The Balaban J connectivity index is 1.93. The van der Waals surface area contributed by atoms with Gasteiger partial charge in [0.05, 0.1) is 0 Å². The van der Waals surface area contributed by atoms with Crippen molar-refractivity contribution >= 4 is 15.8 Å². The minimum Gasteiger partial charge on any atom is -0.369 e. The number of anilines is 1. The molecule has 21 heavy (non-hydrogen) atoms. The minimum absolute atomic E-state index is 0.209. The molecule has 1 N–H and O–H groups in total. The van der Waals surface area contributed by atoms with Crippen LogP contribution in [0.1, 0.15) is 19.8 Å². The fourth-order valence-corrected chi connectivity index (χ4v) is 2.93. The lowest BCUT2D eigenvalue weighted by Gasteiger charge is -2.24. The molecule has 118 valence electrons. The van der Waals surface area contributed by atoms with Crippen molar-refractivity contribution < 1.29 is 8.42 Å². The Labute approximate surface area is 127 Å². The molecule has 0 spiro atoms. The van der Waals surface area contributed by atoms with Crippen molar-refractivity contribution in [1.82, 2.24) is 14.2 Å². The molecule has 7 heteroatoms. The van der Waals surface area contributed by atoms with Gasteiger partial charge in [0.2, 0.25) is 10.0 Å². The zero-order chi connectivity index (χ0) is 15.6. The second-order valence-corrected chi connectivity index (χ2v) is 7.94. The van der Waals surface area contributed by atoms with Gasteiger partial charge in [0, 0.05) is 38.9 Å². The van der Waals surface area contributed by atoms with E-state index >= 15 is 0 Å². The largest absolute Gasteiger partial charge is 0.369 e. The van der Waals surface area contributed by atoms with Crippen LogP contribution in [-0.4, -0.2) is 62.4 Å². The van der Waals surface area contributed by atoms with E-state index in [9.17, 15) is 8.42 Å². The first-order valence-corrected chi connectivity index (χ1v) is 8.60. The molecule has 0 bridgehead atoms. The normalized spacial score (nSPS) is 17.2. The maximum absolute atomic E-state index is 11.9. The number of sulfonamides is 1. The van der Waals surface area contributed by atoms with E-state index in [2.05, 4.69) is 29.2 Å². The number of aromatic nitrogens is 1. The van der Waals surface area contributed by atoms with Gasteiger partial charge in [-0.2, -0.15) is 0 Å². The molecule has 0 saturated heterocycles. The molecule has 1 aromatic rings. The van der Waals surface area contributed by atoms with Crippen LogP contribution in [0.5, 0.6) is 0 Å². The van der Waals surface area contributed by atoms with Crippen molar-refractivity contribution in [2.45, 2.75) is 36.7 Å². The van der Waals surface area contributed by atoms with Crippen LogP contribution >= 0.6 is 0 Å². The first-order valence-electron chi connectivity index (χ1n) is 7.16. The molecule has 0 amide bonds. The summed E-state index contributed by atoms with van der Waals surface area (Å²) in [6, 6.07) is 4.44. The summed E-state index contributed by atoms with van der Waals surface area (Å²) in [7, 11) is 1.76. The molecule has 1 unspecified atom stereocenters. The molecule has 0 radical (unpaired) electrons. The molecule has 1 fully saturated rings. The standard InChI is InChI=1S/C14H24N4O2S/c1-11(18(4)12-5-6-12)9-15-14-8-7-13(10-16-14)21(19,20)17(2)3/h7-8,10-12H,5-6,9H2,1-4H3,(H,15,16). The van der Waals surface area contributed by atoms with Gasteiger partial charge in [0.25, 0.3) is 0 Å². The number of pyridine rings is 1. The van der Waals surface area contributed by atoms with E-state index in [1.54, 1.807) is 12.1 Å². The van der Waals surface area contributed by atoms with Gasteiger partial charge in [-0.25, -0.2) is 17.7 Å². The van der Waals surface area contributed by atoms with E-state index in [0.717, 1.165) is 12.6 Å². The third kappa shape index (κ3) is 3.93. The zero-order valence-electron chi connectivity index (χ0n) is 13.1. The summed E-state index contributed by atoms with van der Waals surface area (Å²) in [6.45, 7) is 2.97. The summed E-state index contributed by atoms with van der Waals surface area (Å²) in [5.41, 5.74) is 0. The van der Waals surface area contributed by atoms with Crippen LogP contribution in [0, 0.1) is 0 Å². The van der Waals surface area contributed by atoms with E-state index in [1.807, 2.05) is 0 Å². The van der Waals surface area contributed by atoms with Gasteiger partial charge < -0.3 is 5.32 Å². The maximum Gasteiger partial charge on any atom is 0.244 e. The average molecular weight is 312 g/mol. The van der Waals surface area contributed by atoms with Gasteiger partial charge in [0.15, 0.2) is 0 Å². The molecule has 1 aliphatic rings. The molecule has 1 heterocycles. The lowest BCUT2D eigenvalue weighted by molar-refractivity contribution is 0.257. The molecule has 2 rings (SSSR count). The number of rotatable bonds is 7. The van der Waals surface area contributed by atoms with E-state index in [4.69, 9.17) is 0 Å². The van der Waals surface area contributed by atoms with Gasteiger partial charge in [-0.3, -0.25) is 4.90 Å². The molecule has 6 nitrogen and oxygen atoms in total. The van der Waals surface area contributed by atoms with Crippen molar-refractivity contribution in [2.24, 2.45) is 0 Å². The van der Waals surface area contributed by atoms with Crippen LogP contribution in [0.15, 0.2) is 23.2 Å². The Bertz CT molecular complexity index is 567. The predicted molar refractivity (Wildman–Crippen MR) is 83.8 cm³/mol. The number of nitrogens with one attached hydrogen (secondary N) is 1.